The van der Waals surface area contributed by atoms with Crippen LogP contribution >= 0.6 is 11.3 Å². The van der Waals surface area contributed by atoms with Crippen molar-refractivity contribution in [3.05, 3.63) is 29.6 Å². The lowest BCUT2D eigenvalue weighted by Crippen LogP contribution is -2.17. The van der Waals surface area contributed by atoms with E-state index in [9.17, 15) is 4.79 Å². The van der Waals surface area contributed by atoms with E-state index in [0.29, 0.717) is 36.3 Å². The van der Waals surface area contributed by atoms with Gasteiger partial charge in [-0.1, -0.05) is 11.3 Å². The van der Waals surface area contributed by atoms with Crippen LogP contribution in [0.1, 0.15) is 23.1 Å². The molecule has 1 aliphatic heterocycles. The van der Waals surface area contributed by atoms with Crippen LogP contribution < -0.4 is 14.8 Å². The summed E-state index contributed by atoms with van der Waals surface area (Å²) in [5.74, 6) is 1.19. The number of hydrogen-bond donors (Lipinski definition) is 1. The lowest BCUT2D eigenvalue weighted by atomic mass is 10.3. The van der Waals surface area contributed by atoms with Gasteiger partial charge in [0.05, 0.1) is 15.9 Å². The molecular formula is C16H16N4O3S. The van der Waals surface area contributed by atoms with Gasteiger partial charge < -0.3 is 9.47 Å². The number of fused-ring (bicyclic) bond motifs is 2. The lowest BCUT2D eigenvalue weighted by molar-refractivity contribution is 0.101. The molecular weight excluding hydrogens is 328 g/mol. The number of carbonyl (C=O) groups is 1. The van der Waals surface area contributed by atoms with Crippen LogP contribution in [-0.2, 0) is 6.54 Å². The van der Waals surface area contributed by atoms with Crippen molar-refractivity contribution in [1.82, 2.24) is 14.8 Å². The van der Waals surface area contributed by atoms with E-state index in [2.05, 4.69) is 15.4 Å². The van der Waals surface area contributed by atoms with Gasteiger partial charge in [-0.25, -0.2) is 4.98 Å². The molecule has 0 radical (unpaired) electrons. The molecule has 0 bridgehead atoms. The first-order chi connectivity index (χ1) is 11.6. The first-order valence-electron chi connectivity index (χ1n) is 7.70. The number of thiazole rings is 1. The number of rotatable bonds is 3. The van der Waals surface area contributed by atoms with Gasteiger partial charge in [0.15, 0.2) is 16.6 Å². The molecule has 3 aromatic rings. The monoisotopic (exact) mass is 344 g/mol. The number of nitrogens with one attached hydrogen (secondary N) is 1. The number of benzene rings is 1. The highest BCUT2D eigenvalue weighted by molar-refractivity contribution is 7.22. The summed E-state index contributed by atoms with van der Waals surface area (Å²) in [6, 6.07) is 5.51. The zero-order valence-electron chi connectivity index (χ0n) is 13.3. The number of amides is 1. The maximum absolute atomic E-state index is 12.5. The third-order valence-corrected chi connectivity index (χ3v) is 4.64. The van der Waals surface area contributed by atoms with Crippen molar-refractivity contribution in [2.24, 2.45) is 0 Å². The first kappa shape index (κ1) is 14.9. The fourth-order valence-corrected chi connectivity index (χ4v) is 3.52. The lowest BCUT2D eigenvalue weighted by Gasteiger charge is -2.17. The molecule has 3 heterocycles. The Morgan fingerprint density at radius 3 is 2.79 bits per heavy atom. The van der Waals surface area contributed by atoms with E-state index >= 15 is 0 Å². The minimum Gasteiger partial charge on any atom is -0.486 e. The third-order valence-electron chi connectivity index (χ3n) is 3.71. The van der Waals surface area contributed by atoms with Crippen LogP contribution in [0.5, 0.6) is 11.5 Å². The minimum absolute atomic E-state index is 0.214. The van der Waals surface area contributed by atoms with Gasteiger partial charge in [-0.05, 0) is 19.9 Å². The summed E-state index contributed by atoms with van der Waals surface area (Å²) in [4.78, 5) is 17.0. The first-order valence-corrected chi connectivity index (χ1v) is 8.51. The van der Waals surface area contributed by atoms with Crippen LogP contribution in [0, 0.1) is 6.92 Å². The number of hydrogen-bond acceptors (Lipinski definition) is 6. The normalized spacial score (nSPS) is 13.2. The maximum Gasteiger partial charge on any atom is 0.275 e. The minimum atomic E-state index is -0.214. The summed E-state index contributed by atoms with van der Waals surface area (Å²) < 4.78 is 13.8. The van der Waals surface area contributed by atoms with E-state index in [4.69, 9.17) is 9.47 Å². The molecule has 7 nitrogen and oxygen atoms in total. The van der Waals surface area contributed by atoms with Gasteiger partial charge in [0.25, 0.3) is 5.91 Å². The second kappa shape index (κ2) is 5.79. The van der Waals surface area contributed by atoms with E-state index in [1.54, 1.807) is 10.7 Å². The molecule has 1 aliphatic rings. The zero-order valence-corrected chi connectivity index (χ0v) is 14.1. The average Bonchev–Trinajstić information content (AvgIpc) is 3.14. The Hall–Kier alpha value is -2.61. The Morgan fingerprint density at radius 1 is 1.29 bits per heavy atom. The van der Waals surface area contributed by atoms with Crippen LogP contribution in [0.15, 0.2) is 18.2 Å². The highest BCUT2D eigenvalue weighted by atomic mass is 32.1. The Balaban J connectivity index is 1.63. The van der Waals surface area contributed by atoms with Crippen LogP contribution in [0.4, 0.5) is 5.13 Å². The summed E-state index contributed by atoms with van der Waals surface area (Å²) in [5.41, 5.74) is 2.12. The zero-order chi connectivity index (χ0) is 16.7. The number of aromatic nitrogens is 3. The maximum atomic E-state index is 12.5. The second-order valence-corrected chi connectivity index (χ2v) is 6.45. The van der Waals surface area contributed by atoms with E-state index in [-0.39, 0.29) is 5.91 Å². The summed E-state index contributed by atoms with van der Waals surface area (Å²) in [6.45, 7) is 5.53. The predicted octanol–water partition coefficient (Wildman–Crippen LogP) is 2.84. The van der Waals surface area contributed by atoms with E-state index in [0.717, 1.165) is 21.7 Å². The molecule has 24 heavy (non-hydrogen) atoms. The van der Waals surface area contributed by atoms with Gasteiger partial charge in [-0.15, -0.1) is 0 Å². The number of nitrogens with zero attached hydrogens (tertiary/aromatic N) is 3. The van der Waals surface area contributed by atoms with E-state index < -0.39 is 0 Å². The van der Waals surface area contributed by atoms with Crippen molar-refractivity contribution in [1.29, 1.82) is 0 Å². The molecule has 1 aromatic carbocycles. The second-order valence-electron chi connectivity index (χ2n) is 5.42. The molecule has 124 valence electrons. The van der Waals surface area contributed by atoms with Crippen molar-refractivity contribution in [3.8, 4) is 11.5 Å². The quantitative estimate of drug-likeness (QED) is 0.790. The highest BCUT2D eigenvalue weighted by Gasteiger charge is 2.18. The van der Waals surface area contributed by atoms with Crippen LogP contribution in [0.25, 0.3) is 10.2 Å². The Kier molecular flexibility index (Phi) is 3.61. The summed E-state index contributed by atoms with van der Waals surface area (Å²) >= 11 is 1.41. The predicted molar refractivity (Wildman–Crippen MR) is 91.2 cm³/mol. The molecule has 1 amide bonds. The molecule has 4 rings (SSSR count). The summed E-state index contributed by atoms with van der Waals surface area (Å²) in [7, 11) is 0. The Labute approximate surface area is 142 Å². The van der Waals surface area contributed by atoms with E-state index in [1.807, 2.05) is 26.0 Å². The highest BCUT2D eigenvalue weighted by Crippen LogP contribution is 2.37. The van der Waals surface area contributed by atoms with Gasteiger partial charge in [-0.3, -0.25) is 14.8 Å². The largest absolute Gasteiger partial charge is 0.486 e. The van der Waals surface area contributed by atoms with Gasteiger partial charge in [0, 0.05) is 18.7 Å². The van der Waals surface area contributed by atoms with Crippen LogP contribution in [0.3, 0.4) is 0 Å². The third kappa shape index (κ3) is 2.58. The molecule has 2 aromatic heterocycles. The van der Waals surface area contributed by atoms with Crippen molar-refractivity contribution in [3.63, 3.8) is 0 Å². The van der Waals surface area contributed by atoms with Crippen LogP contribution in [-0.4, -0.2) is 33.9 Å². The van der Waals surface area contributed by atoms with Crippen LogP contribution in [0.2, 0.25) is 0 Å². The number of ether oxygens (including phenoxy) is 2. The molecule has 0 saturated carbocycles. The fourth-order valence-electron chi connectivity index (χ4n) is 2.65. The average molecular weight is 344 g/mol. The standard InChI is InChI=1S/C16H16N4O3S/c1-3-20-11(6-9(2)19-20)15(21)18-16-17-10-7-12-13(8-14(10)24-16)23-5-4-22-12/h6-8H,3-5H2,1-2H3,(H,17,18,21). The number of carbonyl (C=O) groups excluding carboxylic acids is 1. The van der Waals surface area contributed by atoms with Gasteiger partial charge >= 0.3 is 0 Å². The smallest absolute Gasteiger partial charge is 0.275 e. The molecule has 0 unspecified atom stereocenters. The van der Waals surface area contributed by atoms with Crippen molar-refractivity contribution in [2.45, 2.75) is 20.4 Å². The van der Waals surface area contributed by atoms with E-state index in [1.165, 1.54) is 11.3 Å². The molecule has 1 N–H and O–H groups in total. The molecule has 8 heteroatoms. The molecule has 0 atom stereocenters. The SMILES string of the molecule is CCn1nc(C)cc1C(=O)Nc1nc2cc3c(cc2s1)OCCO3. The Morgan fingerprint density at radius 2 is 2.04 bits per heavy atom. The molecule has 0 spiro atoms. The topological polar surface area (TPSA) is 78.3 Å². The summed E-state index contributed by atoms with van der Waals surface area (Å²) in [5, 5.41) is 7.69. The number of aryl methyl sites for hydroxylation is 2. The van der Waals surface area contributed by atoms with Gasteiger partial charge in [0.1, 0.15) is 18.9 Å². The molecule has 0 aliphatic carbocycles. The molecule has 0 saturated heterocycles. The van der Waals surface area contributed by atoms with Gasteiger partial charge in [0.2, 0.25) is 0 Å². The number of anilines is 1. The molecule has 0 fully saturated rings. The van der Waals surface area contributed by atoms with Crippen molar-refractivity contribution < 1.29 is 14.3 Å². The van der Waals surface area contributed by atoms with Gasteiger partial charge in [-0.2, -0.15) is 5.10 Å². The Bertz CT molecular complexity index is 888. The summed E-state index contributed by atoms with van der Waals surface area (Å²) in [6.07, 6.45) is 0. The van der Waals surface area contributed by atoms with Crippen molar-refractivity contribution >= 4 is 32.6 Å². The fraction of sp³-hybridized carbons (Fsp3) is 0.312. The van der Waals surface area contributed by atoms with Crippen molar-refractivity contribution in [2.75, 3.05) is 18.5 Å².